The smallest absolute Gasteiger partial charge is 0.276 e. The first-order valence-corrected chi connectivity index (χ1v) is 10.7. The molecule has 0 aliphatic rings. The van der Waals surface area contributed by atoms with Crippen LogP contribution in [0.4, 0.5) is 0 Å². The SMILES string of the molecule is O=C(/C=C/c1cccc2ccccc12)NC(=S)NNC(=O)COc1ccc2ccccc2c1. The van der Waals surface area contributed by atoms with Crippen molar-refractivity contribution in [2.75, 3.05) is 6.61 Å². The van der Waals surface area contributed by atoms with Gasteiger partial charge in [-0.15, -0.1) is 0 Å². The summed E-state index contributed by atoms with van der Waals surface area (Å²) in [4.78, 5) is 24.2. The number of nitrogens with one attached hydrogen (secondary N) is 3. The average Bonchev–Trinajstić information content (AvgIpc) is 2.84. The quantitative estimate of drug-likeness (QED) is 0.240. The normalized spacial score (nSPS) is 10.8. The first-order valence-electron chi connectivity index (χ1n) is 10.3. The number of amides is 2. The Balaban J connectivity index is 1.23. The van der Waals surface area contributed by atoms with E-state index in [0.29, 0.717) is 5.75 Å². The zero-order valence-corrected chi connectivity index (χ0v) is 18.4. The summed E-state index contributed by atoms with van der Waals surface area (Å²) >= 11 is 5.05. The van der Waals surface area contributed by atoms with Crippen LogP contribution in [0.5, 0.6) is 5.75 Å². The highest BCUT2D eigenvalue weighted by Crippen LogP contribution is 2.21. The number of fused-ring (bicyclic) bond motifs is 2. The minimum absolute atomic E-state index is 0.0263. The lowest BCUT2D eigenvalue weighted by Crippen LogP contribution is -2.49. The Morgan fingerprint density at radius 2 is 1.55 bits per heavy atom. The molecule has 2 amide bonds. The molecule has 0 saturated carbocycles. The van der Waals surface area contributed by atoms with Gasteiger partial charge in [-0.2, -0.15) is 0 Å². The number of hydrogen-bond donors (Lipinski definition) is 3. The lowest BCUT2D eigenvalue weighted by Gasteiger charge is -2.11. The summed E-state index contributed by atoms with van der Waals surface area (Å²) < 4.78 is 5.52. The van der Waals surface area contributed by atoms with Crippen LogP contribution >= 0.6 is 12.2 Å². The van der Waals surface area contributed by atoms with Crippen molar-refractivity contribution in [1.82, 2.24) is 16.2 Å². The van der Waals surface area contributed by atoms with Crippen LogP contribution in [0.2, 0.25) is 0 Å². The van der Waals surface area contributed by atoms with Gasteiger partial charge >= 0.3 is 0 Å². The molecule has 0 unspecified atom stereocenters. The number of hydrogen-bond acceptors (Lipinski definition) is 4. The molecule has 0 aliphatic carbocycles. The molecule has 0 aliphatic heterocycles. The summed E-state index contributed by atoms with van der Waals surface area (Å²) in [6.07, 6.45) is 3.11. The van der Waals surface area contributed by atoms with Crippen LogP contribution < -0.4 is 20.9 Å². The summed E-state index contributed by atoms with van der Waals surface area (Å²) in [7, 11) is 0. The minimum atomic E-state index is -0.439. The molecule has 0 bridgehead atoms. The van der Waals surface area contributed by atoms with E-state index in [1.807, 2.05) is 78.9 Å². The molecule has 0 radical (unpaired) electrons. The predicted molar refractivity (Wildman–Crippen MR) is 134 cm³/mol. The third kappa shape index (κ3) is 5.93. The van der Waals surface area contributed by atoms with Crippen molar-refractivity contribution in [2.45, 2.75) is 0 Å². The molecule has 4 rings (SSSR count). The fraction of sp³-hybridized carbons (Fsp3) is 0.0385. The second kappa shape index (κ2) is 10.4. The van der Waals surface area contributed by atoms with E-state index in [2.05, 4.69) is 16.2 Å². The topological polar surface area (TPSA) is 79.5 Å². The van der Waals surface area contributed by atoms with Gasteiger partial charge in [-0.25, -0.2) is 0 Å². The maximum absolute atomic E-state index is 12.2. The van der Waals surface area contributed by atoms with E-state index in [-0.39, 0.29) is 11.7 Å². The Kier molecular flexibility index (Phi) is 6.92. The molecule has 4 aromatic rings. The van der Waals surface area contributed by atoms with E-state index in [1.165, 1.54) is 6.08 Å². The molecule has 0 saturated heterocycles. The van der Waals surface area contributed by atoms with Gasteiger partial charge in [0, 0.05) is 6.08 Å². The van der Waals surface area contributed by atoms with Gasteiger partial charge in [0.1, 0.15) is 5.75 Å². The number of rotatable bonds is 5. The molecule has 4 aromatic carbocycles. The van der Waals surface area contributed by atoms with Gasteiger partial charge in [-0.05, 0) is 57.5 Å². The second-order valence-electron chi connectivity index (χ2n) is 7.19. The van der Waals surface area contributed by atoms with Gasteiger partial charge in [0.05, 0.1) is 0 Å². The summed E-state index contributed by atoms with van der Waals surface area (Å²) in [5.41, 5.74) is 5.81. The van der Waals surface area contributed by atoms with Crippen molar-refractivity contribution in [3.63, 3.8) is 0 Å². The van der Waals surface area contributed by atoms with E-state index in [9.17, 15) is 9.59 Å². The van der Waals surface area contributed by atoms with Crippen molar-refractivity contribution >= 4 is 56.8 Å². The fourth-order valence-corrected chi connectivity index (χ4v) is 3.47. The van der Waals surface area contributed by atoms with Crippen molar-refractivity contribution in [1.29, 1.82) is 0 Å². The zero-order chi connectivity index (χ0) is 23.0. The molecular formula is C26H21N3O3S. The van der Waals surface area contributed by atoms with Crippen LogP contribution in [-0.4, -0.2) is 23.5 Å². The molecule has 0 spiro atoms. The summed E-state index contributed by atoms with van der Waals surface area (Å²) in [5, 5.41) is 6.71. The van der Waals surface area contributed by atoms with Crippen LogP contribution in [0.3, 0.4) is 0 Å². The van der Waals surface area contributed by atoms with Gasteiger partial charge in [-0.1, -0.05) is 72.8 Å². The molecule has 0 heterocycles. The van der Waals surface area contributed by atoms with E-state index >= 15 is 0 Å². The van der Waals surface area contributed by atoms with Gasteiger partial charge in [0.2, 0.25) is 5.91 Å². The highest BCUT2D eigenvalue weighted by molar-refractivity contribution is 7.80. The maximum atomic E-state index is 12.2. The number of benzene rings is 4. The average molecular weight is 456 g/mol. The van der Waals surface area contributed by atoms with Crippen LogP contribution in [0, 0.1) is 0 Å². The second-order valence-corrected chi connectivity index (χ2v) is 7.60. The standard InChI is InChI=1S/C26H21N3O3S/c30-24(15-13-20-10-5-9-19-7-3-4-11-23(19)20)27-26(33)29-28-25(31)17-32-22-14-12-18-6-1-2-8-21(18)16-22/h1-16H,17H2,(H,28,31)(H2,27,29,30,33)/b15-13+. The minimum Gasteiger partial charge on any atom is -0.484 e. The Labute approximate surface area is 196 Å². The number of ether oxygens (including phenoxy) is 1. The van der Waals surface area contributed by atoms with E-state index in [1.54, 1.807) is 12.1 Å². The Morgan fingerprint density at radius 3 is 2.39 bits per heavy atom. The number of thiocarbonyl (C=S) groups is 1. The fourth-order valence-electron chi connectivity index (χ4n) is 3.31. The lowest BCUT2D eigenvalue weighted by atomic mass is 10.0. The maximum Gasteiger partial charge on any atom is 0.276 e. The highest BCUT2D eigenvalue weighted by atomic mass is 32.1. The van der Waals surface area contributed by atoms with E-state index < -0.39 is 11.8 Å². The van der Waals surface area contributed by atoms with Crippen molar-refractivity contribution < 1.29 is 14.3 Å². The third-order valence-corrected chi connectivity index (χ3v) is 5.08. The lowest BCUT2D eigenvalue weighted by molar-refractivity contribution is -0.123. The predicted octanol–water partition coefficient (Wildman–Crippen LogP) is 4.11. The van der Waals surface area contributed by atoms with Crippen molar-refractivity contribution in [2.24, 2.45) is 0 Å². The molecule has 3 N–H and O–H groups in total. The Hall–Kier alpha value is -4.23. The summed E-state index contributed by atoms with van der Waals surface area (Å²) in [5.74, 6) is -0.272. The first kappa shape index (κ1) is 22.0. The highest BCUT2D eigenvalue weighted by Gasteiger charge is 2.06. The van der Waals surface area contributed by atoms with Crippen LogP contribution in [0.25, 0.3) is 27.6 Å². The Bertz CT molecular complexity index is 1360. The van der Waals surface area contributed by atoms with Gasteiger partial charge < -0.3 is 4.74 Å². The molecule has 7 heteroatoms. The van der Waals surface area contributed by atoms with Gasteiger partial charge in [-0.3, -0.25) is 25.8 Å². The summed E-state index contributed by atoms with van der Waals surface area (Å²) in [6.45, 7) is -0.205. The van der Waals surface area contributed by atoms with E-state index in [0.717, 1.165) is 27.1 Å². The number of carbonyl (C=O) groups is 2. The molecule has 0 aromatic heterocycles. The molecule has 0 atom stereocenters. The molecule has 0 fully saturated rings. The van der Waals surface area contributed by atoms with Crippen molar-refractivity contribution in [3.05, 3.63) is 96.6 Å². The summed E-state index contributed by atoms with van der Waals surface area (Å²) in [6, 6.07) is 27.3. The van der Waals surface area contributed by atoms with Crippen molar-refractivity contribution in [3.8, 4) is 5.75 Å². The van der Waals surface area contributed by atoms with E-state index in [4.69, 9.17) is 17.0 Å². The van der Waals surface area contributed by atoms with Gasteiger partial charge in [0.15, 0.2) is 11.7 Å². The Morgan fingerprint density at radius 1 is 0.818 bits per heavy atom. The van der Waals surface area contributed by atoms with Gasteiger partial charge in [0.25, 0.3) is 5.91 Å². The molecule has 6 nitrogen and oxygen atoms in total. The third-order valence-electron chi connectivity index (χ3n) is 4.88. The molecular weight excluding hydrogens is 434 g/mol. The number of hydrazine groups is 1. The molecule has 164 valence electrons. The number of carbonyl (C=O) groups excluding carboxylic acids is 2. The zero-order valence-electron chi connectivity index (χ0n) is 17.6. The monoisotopic (exact) mass is 455 g/mol. The first-order chi connectivity index (χ1) is 16.1. The molecule has 33 heavy (non-hydrogen) atoms. The largest absolute Gasteiger partial charge is 0.484 e. The van der Waals surface area contributed by atoms with Crippen LogP contribution in [-0.2, 0) is 9.59 Å². The van der Waals surface area contributed by atoms with Crippen LogP contribution in [0.1, 0.15) is 5.56 Å². The van der Waals surface area contributed by atoms with Crippen LogP contribution in [0.15, 0.2) is 91.0 Å².